The number of aromatic amines is 1. The first-order chi connectivity index (χ1) is 14.7. The van der Waals surface area contributed by atoms with Crippen molar-refractivity contribution in [2.24, 2.45) is 0 Å². The number of nitrogens with one attached hydrogen (secondary N) is 1. The predicted molar refractivity (Wildman–Crippen MR) is 112 cm³/mol. The Bertz CT molecular complexity index is 1220. The fourth-order valence-corrected chi connectivity index (χ4v) is 4.37. The third-order valence-electron chi connectivity index (χ3n) is 6.03. The molecule has 30 heavy (non-hydrogen) atoms. The van der Waals surface area contributed by atoms with Gasteiger partial charge in [0.25, 0.3) is 11.5 Å². The summed E-state index contributed by atoms with van der Waals surface area (Å²) < 4.78 is 2.03. The van der Waals surface area contributed by atoms with Crippen molar-refractivity contribution in [3.63, 3.8) is 0 Å². The first kappa shape index (κ1) is 18.3. The molecule has 4 heterocycles. The van der Waals surface area contributed by atoms with Gasteiger partial charge in [-0.1, -0.05) is 36.4 Å². The van der Waals surface area contributed by atoms with Crippen LogP contribution in [0.3, 0.4) is 0 Å². The summed E-state index contributed by atoms with van der Waals surface area (Å²) in [4.78, 5) is 37.9. The predicted octanol–water partition coefficient (Wildman–Crippen LogP) is 2.64. The van der Waals surface area contributed by atoms with Crippen molar-refractivity contribution in [2.45, 2.75) is 18.3 Å². The van der Waals surface area contributed by atoms with E-state index < -0.39 is 5.56 Å². The van der Waals surface area contributed by atoms with E-state index in [9.17, 15) is 9.59 Å². The number of imidazole rings is 1. The van der Waals surface area contributed by atoms with E-state index in [0.717, 1.165) is 24.2 Å². The number of H-pyrrole nitrogens is 1. The standard InChI is InChI=1S/C23H21N5O2/c29-21-18(14-24-16-25-21)22(30)27-12-9-23(10-13-27,17-6-2-1-3-7-17)19-15-28-11-5-4-8-20(28)26-19/h1-8,11,14-16H,9-10,12-13H2,(H,24,25,29). The van der Waals surface area contributed by atoms with Crippen LogP contribution >= 0.6 is 0 Å². The van der Waals surface area contributed by atoms with Crippen molar-refractivity contribution in [2.75, 3.05) is 13.1 Å². The Kier molecular flexibility index (Phi) is 4.43. The Morgan fingerprint density at radius 2 is 1.80 bits per heavy atom. The van der Waals surface area contributed by atoms with Gasteiger partial charge in [0.05, 0.1) is 12.0 Å². The number of fused-ring (bicyclic) bond motifs is 1. The second-order valence-electron chi connectivity index (χ2n) is 7.63. The van der Waals surface area contributed by atoms with Gasteiger partial charge in [-0.05, 0) is 30.5 Å². The van der Waals surface area contributed by atoms with Gasteiger partial charge in [0.2, 0.25) is 0 Å². The van der Waals surface area contributed by atoms with Gasteiger partial charge in [0.15, 0.2) is 0 Å². The molecule has 1 N–H and O–H groups in total. The summed E-state index contributed by atoms with van der Waals surface area (Å²) >= 11 is 0. The van der Waals surface area contributed by atoms with Gasteiger partial charge in [-0.15, -0.1) is 0 Å². The van der Waals surface area contributed by atoms with Gasteiger partial charge < -0.3 is 14.3 Å². The van der Waals surface area contributed by atoms with Crippen LogP contribution in [0.1, 0.15) is 34.5 Å². The highest BCUT2D eigenvalue weighted by molar-refractivity contribution is 5.93. The second-order valence-corrected chi connectivity index (χ2v) is 7.63. The number of hydrogen-bond acceptors (Lipinski definition) is 4. The zero-order valence-corrected chi connectivity index (χ0v) is 16.4. The van der Waals surface area contributed by atoms with Gasteiger partial charge in [-0.2, -0.15) is 0 Å². The summed E-state index contributed by atoms with van der Waals surface area (Å²) in [6, 6.07) is 16.3. The van der Waals surface area contributed by atoms with E-state index in [4.69, 9.17) is 4.98 Å². The van der Waals surface area contributed by atoms with E-state index in [1.54, 1.807) is 4.90 Å². The Hall–Kier alpha value is -3.74. The number of pyridine rings is 1. The van der Waals surface area contributed by atoms with Crippen LogP contribution in [0, 0.1) is 0 Å². The van der Waals surface area contributed by atoms with Crippen LogP contribution in [0.25, 0.3) is 5.65 Å². The molecule has 1 aliphatic rings. The van der Waals surface area contributed by atoms with E-state index in [1.165, 1.54) is 18.1 Å². The van der Waals surface area contributed by atoms with Crippen molar-refractivity contribution >= 4 is 11.6 Å². The van der Waals surface area contributed by atoms with Crippen molar-refractivity contribution in [3.8, 4) is 0 Å². The molecular formula is C23H21N5O2. The van der Waals surface area contributed by atoms with Crippen molar-refractivity contribution in [1.82, 2.24) is 24.3 Å². The molecule has 7 heteroatoms. The van der Waals surface area contributed by atoms with Crippen LogP contribution in [0.5, 0.6) is 0 Å². The summed E-state index contributed by atoms with van der Waals surface area (Å²) in [5.74, 6) is -0.277. The second kappa shape index (κ2) is 7.26. The summed E-state index contributed by atoms with van der Waals surface area (Å²) in [5.41, 5.74) is 2.49. The molecule has 3 aromatic heterocycles. The lowest BCUT2D eigenvalue weighted by Crippen LogP contribution is -2.47. The highest BCUT2D eigenvalue weighted by atomic mass is 16.2. The zero-order chi connectivity index (χ0) is 20.6. The minimum absolute atomic E-state index is 0.0810. The molecule has 0 aliphatic carbocycles. The third kappa shape index (κ3) is 2.99. The average molecular weight is 399 g/mol. The normalized spacial score (nSPS) is 15.9. The molecule has 0 atom stereocenters. The maximum Gasteiger partial charge on any atom is 0.263 e. The Morgan fingerprint density at radius 1 is 1.03 bits per heavy atom. The van der Waals surface area contributed by atoms with Crippen LogP contribution in [-0.4, -0.2) is 43.2 Å². The number of nitrogens with zero attached hydrogens (tertiary/aromatic N) is 4. The van der Waals surface area contributed by atoms with Gasteiger partial charge in [-0.25, -0.2) is 9.97 Å². The minimum atomic E-state index is -0.407. The molecule has 4 aromatic rings. The Morgan fingerprint density at radius 3 is 2.53 bits per heavy atom. The molecule has 1 fully saturated rings. The molecule has 7 nitrogen and oxygen atoms in total. The van der Waals surface area contributed by atoms with E-state index in [2.05, 4.69) is 28.3 Å². The molecule has 1 saturated heterocycles. The number of carbonyl (C=O) groups is 1. The quantitative estimate of drug-likeness (QED) is 0.574. The average Bonchev–Trinajstić information content (AvgIpc) is 3.24. The molecule has 1 aliphatic heterocycles. The van der Waals surface area contributed by atoms with Crippen molar-refractivity contribution < 1.29 is 4.79 Å². The number of rotatable bonds is 3. The largest absolute Gasteiger partial charge is 0.338 e. The van der Waals surface area contributed by atoms with E-state index >= 15 is 0 Å². The smallest absolute Gasteiger partial charge is 0.263 e. The van der Waals surface area contributed by atoms with Crippen LogP contribution in [-0.2, 0) is 5.41 Å². The SMILES string of the molecule is O=C(c1cnc[nH]c1=O)N1CCC(c2ccccc2)(c2cn3ccccc3n2)CC1. The Labute approximate surface area is 173 Å². The molecule has 0 saturated carbocycles. The van der Waals surface area contributed by atoms with Gasteiger partial charge in [0, 0.05) is 37.1 Å². The van der Waals surface area contributed by atoms with Crippen LogP contribution < -0.4 is 5.56 Å². The molecule has 0 bridgehead atoms. The molecule has 5 rings (SSSR count). The minimum Gasteiger partial charge on any atom is -0.338 e. The lowest BCUT2D eigenvalue weighted by atomic mass is 9.70. The van der Waals surface area contributed by atoms with E-state index in [0.29, 0.717) is 13.1 Å². The summed E-state index contributed by atoms with van der Waals surface area (Å²) in [5, 5.41) is 0. The van der Waals surface area contributed by atoms with Gasteiger partial charge in [0.1, 0.15) is 11.2 Å². The molecule has 1 aromatic carbocycles. The van der Waals surface area contributed by atoms with Crippen LogP contribution in [0.2, 0.25) is 0 Å². The topological polar surface area (TPSA) is 83.4 Å². The third-order valence-corrected chi connectivity index (χ3v) is 6.03. The summed E-state index contributed by atoms with van der Waals surface area (Å²) in [6.07, 6.45) is 8.17. The number of aromatic nitrogens is 4. The van der Waals surface area contributed by atoms with Crippen LogP contribution in [0.15, 0.2) is 78.2 Å². The maximum atomic E-state index is 12.9. The monoisotopic (exact) mass is 399 g/mol. The molecular weight excluding hydrogens is 378 g/mol. The highest BCUT2D eigenvalue weighted by Crippen LogP contribution is 2.41. The molecule has 1 amide bonds. The molecule has 150 valence electrons. The highest BCUT2D eigenvalue weighted by Gasteiger charge is 2.41. The lowest BCUT2D eigenvalue weighted by Gasteiger charge is -2.41. The number of hydrogen-bond donors (Lipinski definition) is 1. The summed E-state index contributed by atoms with van der Waals surface area (Å²) in [6.45, 7) is 1.08. The first-order valence-electron chi connectivity index (χ1n) is 9.99. The lowest BCUT2D eigenvalue weighted by molar-refractivity contribution is 0.0681. The zero-order valence-electron chi connectivity index (χ0n) is 16.4. The number of piperidine rings is 1. The summed E-state index contributed by atoms with van der Waals surface area (Å²) in [7, 11) is 0. The number of amides is 1. The van der Waals surface area contributed by atoms with Crippen LogP contribution in [0.4, 0.5) is 0 Å². The number of likely N-dealkylation sites (tertiary alicyclic amines) is 1. The maximum absolute atomic E-state index is 12.9. The first-order valence-corrected chi connectivity index (χ1v) is 9.99. The number of carbonyl (C=O) groups excluding carboxylic acids is 1. The van der Waals surface area contributed by atoms with Gasteiger partial charge >= 0.3 is 0 Å². The van der Waals surface area contributed by atoms with Gasteiger partial charge in [-0.3, -0.25) is 9.59 Å². The fourth-order valence-electron chi connectivity index (χ4n) is 4.37. The van der Waals surface area contributed by atoms with Crippen molar-refractivity contribution in [3.05, 3.63) is 101 Å². The van der Waals surface area contributed by atoms with E-state index in [-0.39, 0.29) is 16.9 Å². The molecule has 0 unspecified atom stereocenters. The van der Waals surface area contributed by atoms with E-state index in [1.807, 2.05) is 47.0 Å². The molecule has 0 spiro atoms. The molecule has 0 radical (unpaired) electrons. The fraction of sp³-hybridized carbons (Fsp3) is 0.217. The van der Waals surface area contributed by atoms with Crippen molar-refractivity contribution in [1.29, 1.82) is 0 Å². The number of benzene rings is 1. The Balaban J connectivity index is 1.50.